The first-order valence-electron chi connectivity index (χ1n) is 12.1. The van der Waals surface area contributed by atoms with Gasteiger partial charge in [-0.05, 0) is 19.1 Å². The molecule has 3 aromatic rings. The molecule has 0 bridgehead atoms. The number of benzene rings is 2. The average Bonchev–Trinajstić information content (AvgIpc) is 3.41. The summed E-state index contributed by atoms with van der Waals surface area (Å²) in [5.74, 6) is -4.69. The molecule has 3 heterocycles. The highest BCUT2D eigenvalue weighted by Crippen LogP contribution is 2.39. The highest BCUT2D eigenvalue weighted by molar-refractivity contribution is 5.95. The maximum absolute atomic E-state index is 13.9. The van der Waals surface area contributed by atoms with Gasteiger partial charge in [0, 0.05) is 25.2 Å². The Morgan fingerprint density at radius 2 is 1.82 bits per heavy atom. The molecule has 10 nitrogen and oxygen atoms in total. The van der Waals surface area contributed by atoms with Gasteiger partial charge in [0.1, 0.15) is 35.9 Å². The lowest BCUT2D eigenvalue weighted by molar-refractivity contribution is -0.312. The van der Waals surface area contributed by atoms with E-state index < -0.39 is 60.1 Å². The quantitative estimate of drug-likeness (QED) is 0.303. The zero-order chi connectivity index (χ0) is 27.8. The van der Waals surface area contributed by atoms with E-state index in [0.29, 0.717) is 5.84 Å². The predicted molar refractivity (Wildman–Crippen MR) is 131 cm³/mol. The van der Waals surface area contributed by atoms with Crippen LogP contribution in [0.2, 0.25) is 0 Å². The van der Waals surface area contributed by atoms with E-state index in [4.69, 9.17) is 14.2 Å². The Kier molecular flexibility index (Phi) is 7.49. The lowest BCUT2D eigenvalue weighted by atomic mass is 9.91. The number of hydrogen-bond acceptors (Lipinski definition) is 7. The molecular weight excluding hydrogens is 519 g/mol. The van der Waals surface area contributed by atoms with Gasteiger partial charge in [0.2, 0.25) is 0 Å². The Morgan fingerprint density at radius 1 is 1.13 bits per heavy atom. The summed E-state index contributed by atoms with van der Waals surface area (Å²) in [7, 11) is 3.43. The molecule has 2 aliphatic rings. The number of nitrogens with zero attached hydrogens (tertiary/aromatic N) is 5. The van der Waals surface area contributed by atoms with E-state index in [1.807, 2.05) is 30.3 Å². The van der Waals surface area contributed by atoms with Gasteiger partial charge in [-0.25, -0.2) is 17.9 Å². The number of amidine groups is 1. The first kappa shape index (κ1) is 26.9. The number of carbonyl (C=O) groups excluding carboxylic acids is 1. The van der Waals surface area contributed by atoms with Crippen molar-refractivity contribution in [1.82, 2.24) is 19.9 Å². The Bertz CT molecular complexity index is 1360. The fourth-order valence-electron chi connectivity index (χ4n) is 4.48. The molecule has 39 heavy (non-hydrogen) atoms. The monoisotopic (exact) mass is 545 g/mol. The number of aliphatic hydroxyl groups excluding tert-OH is 1. The molecule has 1 unspecified atom stereocenters. The van der Waals surface area contributed by atoms with E-state index in [-0.39, 0.29) is 17.9 Å². The van der Waals surface area contributed by atoms with Crippen molar-refractivity contribution < 1.29 is 37.3 Å². The molecule has 1 N–H and O–H groups in total. The number of amides is 1. The van der Waals surface area contributed by atoms with E-state index in [1.54, 1.807) is 25.9 Å². The molecule has 2 saturated heterocycles. The Hall–Kier alpha value is -3.65. The predicted octanol–water partition coefficient (Wildman–Crippen LogP) is 2.65. The van der Waals surface area contributed by atoms with Crippen molar-refractivity contribution in [2.45, 2.75) is 43.7 Å². The topological polar surface area (TPSA) is 111 Å². The number of halogens is 3. The van der Waals surface area contributed by atoms with Crippen LogP contribution in [0.1, 0.15) is 24.8 Å². The van der Waals surface area contributed by atoms with Crippen molar-refractivity contribution >= 4 is 11.7 Å². The smallest absolute Gasteiger partial charge is 0.279 e. The maximum Gasteiger partial charge on any atom is 0.279 e. The van der Waals surface area contributed by atoms with E-state index in [9.17, 15) is 23.1 Å². The Morgan fingerprint density at radius 3 is 2.49 bits per heavy atom. The molecule has 0 saturated carbocycles. The molecule has 2 fully saturated rings. The average molecular weight is 546 g/mol. The third kappa shape index (κ3) is 5.30. The molecule has 206 valence electrons. The second kappa shape index (κ2) is 10.8. The van der Waals surface area contributed by atoms with Crippen LogP contribution in [0.5, 0.6) is 0 Å². The number of aliphatic imine (C=N–C) groups is 1. The molecule has 13 heteroatoms. The molecule has 2 aliphatic heterocycles. The Labute approximate surface area is 221 Å². The normalized spacial score (nSPS) is 27.2. The minimum atomic E-state index is -1.61. The van der Waals surface area contributed by atoms with Gasteiger partial charge in [-0.15, -0.1) is 5.10 Å². The summed E-state index contributed by atoms with van der Waals surface area (Å²) >= 11 is 0. The van der Waals surface area contributed by atoms with E-state index in [0.717, 1.165) is 17.7 Å². The number of hydrogen-bond donors (Lipinski definition) is 1. The number of carbonyl (C=O) groups is 1. The van der Waals surface area contributed by atoms with Gasteiger partial charge in [0.15, 0.2) is 29.8 Å². The van der Waals surface area contributed by atoms with Crippen molar-refractivity contribution in [3.05, 3.63) is 71.7 Å². The van der Waals surface area contributed by atoms with Crippen LogP contribution in [0.15, 0.2) is 53.7 Å². The van der Waals surface area contributed by atoms with Gasteiger partial charge < -0.3 is 24.2 Å². The van der Waals surface area contributed by atoms with Crippen LogP contribution in [0, 0.1) is 17.5 Å². The zero-order valence-electron chi connectivity index (χ0n) is 21.2. The summed E-state index contributed by atoms with van der Waals surface area (Å²) in [6, 6.07) is 9.67. The van der Waals surface area contributed by atoms with Crippen LogP contribution in [-0.4, -0.2) is 81.9 Å². The molecule has 0 aliphatic carbocycles. The number of rotatable bonds is 4. The first-order chi connectivity index (χ1) is 18.6. The van der Waals surface area contributed by atoms with Crippen LogP contribution < -0.4 is 0 Å². The number of ether oxygens (including phenoxy) is 3. The van der Waals surface area contributed by atoms with Crippen molar-refractivity contribution in [3.63, 3.8) is 0 Å². The van der Waals surface area contributed by atoms with Gasteiger partial charge in [0.05, 0.1) is 12.8 Å². The maximum atomic E-state index is 13.9. The fraction of sp³-hybridized carbons (Fsp3) is 0.385. The van der Waals surface area contributed by atoms with Gasteiger partial charge >= 0.3 is 0 Å². The van der Waals surface area contributed by atoms with Crippen molar-refractivity contribution in [2.24, 2.45) is 4.99 Å². The van der Waals surface area contributed by atoms with Crippen LogP contribution >= 0.6 is 0 Å². The van der Waals surface area contributed by atoms with Gasteiger partial charge in [-0.2, -0.15) is 4.99 Å². The molecule has 2 aromatic carbocycles. The summed E-state index contributed by atoms with van der Waals surface area (Å²) in [4.78, 5) is 18.7. The second-order valence-electron chi connectivity index (χ2n) is 9.48. The SMILES string of the molecule is C/C(=N/C(=O)[C@@H]1O[C@@H]2COC(c3ccccc3)O[C@@H]2[C@H](n2cc(-c3cc(F)c(F)c(F)c3)nn2)[C@H]1O)N(C)C. The highest BCUT2D eigenvalue weighted by atomic mass is 19.2. The van der Waals surface area contributed by atoms with Crippen LogP contribution in [0.25, 0.3) is 11.3 Å². The third-order valence-corrected chi connectivity index (χ3v) is 6.71. The van der Waals surface area contributed by atoms with Crippen molar-refractivity contribution in [2.75, 3.05) is 20.7 Å². The van der Waals surface area contributed by atoms with Crippen LogP contribution in [0.3, 0.4) is 0 Å². The van der Waals surface area contributed by atoms with E-state index in [2.05, 4.69) is 15.3 Å². The molecule has 1 amide bonds. The van der Waals surface area contributed by atoms with Crippen molar-refractivity contribution in [3.8, 4) is 11.3 Å². The molecule has 0 spiro atoms. The summed E-state index contributed by atoms with van der Waals surface area (Å²) in [6.07, 6.45) is -4.01. The number of aliphatic hydroxyl groups is 1. The van der Waals surface area contributed by atoms with Crippen molar-refractivity contribution in [1.29, 1.82) is 0 Å². The molecule has 5 rings (SSSR count). The standard InChI is InChI=1S/C26H26F3N5O5/c1-13(33(2)3)30-25(36)24-22(35)21(23-19(38-24)12-37-26(39-23)14-7-5-4-6-8-14)34-11-18(31-32-34)15-9-16(27)20(29)17(28)10-15/h4-11,19,21-24,26,35H,12H2,1-3H3/b30-13-/t19-,21-,22-,23+,24-,26?/m1/s1. The van der Waals surface area contributed by atoms with Crippen LogP contribution in [-0.2, 0) is 19.0 Å². The summed E-state index contributed by atoms with van der Waals surface area (Å²) < 4.78 is 60.5. The number of fused-ring (bicyclic) bond motifs is 1. The highest BCUT2D eigenvalue weighted by Gasteiger charge is 2.53. The lowest BCUT2D eigenvalue weighted by Gasteiger charge is -2.47. The second-order valence-corrected chi connectivity index (χ2v) is 9.48. The third-order valence-electron chi connectivity index (χ3n) is 6.71. The summed E-state index contributed by atoms with van der Waals surface area (Å²) in [5, 5.41) is 19.4. The van der Waals surface area contributed by atoms with Gasteiger partial charge in [-0.1, -0.05) is 35.5 Å². The van der Waals surface area contributed by atoms with E-state index in [1.165, 1.54) is 10.9 Å². The molecule has 0 radical (unpaired) electrons. The summed E-state index contributed by atoms with van der Waals surface area (Å²) in [6.45, 7) is 1.67. The zero-order valence-corrected chi connectivity index (χ0v) is 21.2. The lowest BCUT2D eigenvalue weighted by Crippen LogP contribution is -2.61. The minimum Gasteiger partial charge on any atom is -0.387 e. The summed E-state index contributed by atoms with van der Waals surface area (Å²) in [5.41, 5.74) is 0.675. The number of aromatic nitrogens is 3. The van der Waals surface area contributed by atoms with Gasteiger partial charge in [-0.3, -0.25) is 4.79 Å². The molecule has 1 aromatic heterocycles. The van der Waals surface area contributed by atoms with Gasteiger partial charge in [0.25, 0.3) is 5.91 Å². The first-order valence-corrected chi connectivity index (χ1v) is 12.1. The van der Waals surface area contributed by atoms with E-state index >= 15 is 0 Å². The minimum absolute atomic E-state index is 0.0130. The Balaban J connectivity index is 1.51. The van der Waals surface area contributed by atoms with Crippen LogP contribution in [0.4, 0.5) is 13.2 Å². The molecular formula is C26H26F3N5O5. The largest absolute Gasteiger partial charge is 0.387 e. The molecule has 6 atom stereocenters. The fourth-order valence-corrected chi connectivity index (χ4v) is 4.48.